The maximum Gasteiger partial charge on any atom is 0.265 e. The molecule has 0 atom stereocenters. The molecule has 0 fully saturated rings. The van der Waals surface area contributed by atoms with Gasteiger partial charge < -0.3 is 10.1 Å². The van der Waals surface area contributed by atoms with Crippen LogP contribution in [0.15, 0.2) is 51.8 Å². The molecule has 1 amide bonds. The van der Waals surface area contributed by atoms with Crippen LogP contribution >= 0.6 is 15.9 Å². The number of carbonyl (C=O) groups excluding carboxylic acids is 1. The summed E-state index contributed by atoms with van der Waals surface area (Å²) in [6, 6.07) is 11.5. The quantitative estimate of drug-likeness (QED) is 0.833. The summed E-state index contributed by atoms with van der Waals surface area (Å²) in [4.78, 5) is 12.0. The topological polar surface area (TPSA) is 84.5 Å². The van der Waals surface area contributed by atoms with Gasteiger partial charge >= 0.3 is 0 Å². The summed E-state index contributed by atoms with van der Waals surface area (Å²) in [6.45, 7) is 0.519. The Morgan fingerprint density at radius 1 is 1.17 bits per heavy atom. The third kappa shape index (κ3) is 3.32. The number of sulfonamides is 1. The van der Waals surface area contributed by atoms with Crippen molar-refractivity contribution in [2.45, 2.75) is 4.90 Å². The molecule has 3 rings (SSSR count). The lowest BCUT2D eigenvalue weighted by molar-refractivity contribution is 0.0957. The number of nitrogens with one attached hydrogen (secondary N) is 2. The fraction of sp³-hybridized carbons (Fsp3) is 0.133. The van der Waals surface area contributed by atoms with E-state index in [1.807, 2.05) is 0 Å². The van der Waals surface area contributed by atoms with Crippen LogP contribution in [0.1, 0.15) is 10.4 Å². The molecule has 6 nitrogen and oxygen atoms in total. The number of rotatable bonds is 3. The van der Waals surface area contributed by atoms with Crippen molar-refractivity contribution in [1.29, 1.82) is 0 Å². The Morgan fingerprint density at radius 2 is 1.91 bits per heavy atom. The number of anilines is 1. The van der Waals surface area contributed by atoms with Crippen LogP contribution in [0.2, 0.25) is 0 Å². The zero-order valence-corrected chi connectivity index (χ0v) is 14.3. The van der Waals surface area contributed by atoms with Crippen LogP contribution in [0.25, 0.3) is 0 Å². The van der Waals surface area contributed by atoms with E-state index in [2.05, 4.69) is 26.0 Å². The SMILES string of the molecule is O=C1NCCOc2c1cc(Br)cc2S(=O)(=O)Nc1ccccc1. The Labute approximate surface area is 142 Å². The second-order valence-corrected chi connectivity index (χ2v) is 7.42. The minimum Gasteiger partial charge on any atom is -0.489 e. The fourth-order valence-corrected chi connectivity index (χ4v) is 4.08. The van der Waals surface area contributed by atoms with Crippen molar-refractivity contribution in [1.82, 2.24) is 5.32 Å². The smallest absolute Gasteiger partial charge is 0.265 e. The number of hydrogen-bond donors (Lipinski definition) is 2. The molecule has 0 radical (unpaired) electrons. The van der Waals surface area contributed by atoms with Crippen LogP contribution in [0.5, 0.6) is 5.75 Å². The number of fused-ring (bicyclic) bond motifs is 1. The van der Waals surface area contributed by atoms with Gasteiger partial charge in [0.05, 0.1) is 12.1 Å². The minimum atomic E-state index is -3.90. The van der Waals surface area contributed by atoms with Crippen molar-refractivity contribution in [3.63, 3.8) is 0 Å². The average molecular weight is 397 g/mol. The molecule has 0 bridgehead atoms. The number of amides is 1. The molecule has 120 valence electrons. The molecule has 0 spiro atoms. The van der Waals surface area contributed by atoms with Gasteiger partial charge in [-0.1, -0.05) is 34.1 Å². The third-order valence-corrected chi connectivity index (χ3v) is 5.06. The van der Waals surface area contributed by atoms with Crippen molar-refractivity contribution in [3.05, 3.63) is 52.5 Å². The highest BCUT2D eigenvalue weighted by molar-refractivity contribution is 9.10. The first-order valence-corrected chi connectivity index (χ1v) is 9.07. The van der Waals surface area contributed by atoms with Crippen LogP contribution in [0.3, 0.4) is 0 Å². The lowest BCUT2D eigenvalue weighted by atomic mass is 10.2. The zero-order chi connectivity index (χ0) is 16.4. The van der Waals surface area contributed by atoms with E-state index < -0.39 is 10.0 Å². The summed E-state index contributed by atoms with van der Waals surface area (Å²) in [7, 11) is -3.90. The summed E-state index contributed by atoms with van der Waals surface area (Å²) in [6.07, 6.45) is 0. The molecule has 0 unspecified atom stereocenters. The van der Waals surface area contributed by atoms with Gasteiger partial charge in [-0.3, -0.25) is 9.52 Å². The number of hydrogen-bond acceptors (Lipinski definition) is 4. The molecule has 1 aliphatic heterocycles. The minimum absolute atomic E-state index is 0.0617. The highest BCUT2D eigenvalue weighted by Crippen LogP contribution is 2.34. The van der Waals surface area contributed by atoms with E-state index in [1.165, 1.54) is 12.1 Å². The van der Waals surface area contributed by atoms with Crippen LogP contribution in [-0.4, -0.2) is 27.5 Å². The van der Waals surface area contributed by atoms with Crippen LogP contribution in [0, 0.1) is 0 Å². The van der Waals surface area contributed by atoms with Crippen LogP contribution < -0.4 is 14.8 Å². The van der Waals surface area contributed by atoms with E-state index in [0.29, 0.717) is 16.7 Å². The van der Waals surface area contributed by atoms with Gasteiger partial charge in [0, 0.05) is 10.2 Å². The van der Waals surface area contributed by atoms with E-state index in [9.17, 15) is 13.2 Å². The van der Waals surface area contributed by atoms with Gasteiger partial charge in [-0.2, -0.15) is 0 Å². The van der Waals surface area contributed by atoms with Crippen LogP contribution in [0.4, 0.5) is 5.69 Å². The molecular formula is C15H13BrN2O4S. The van der Waals surface area contributed by atoms with Crippen molar-refractivity contribution >= 4 is 37.5 Å². The highest BCUT2D eigenvalue weighted by atomic mass is 79.9. The summed E-state index contributed by atoms with van der Waals surface area (Å²) in [5.41, 5.74) is 0.615. The summed E-state index contributed by atoms with van der Waals surface area (Å²) >= 11 is 3.24. The first kappa shape index (κ1) is 15.8. The summed E-state index contributed by atoms with van der Waals surface area (Å²) in [5.74, 6) is -0.304. The normalized spacial score (nSPS) is 14.2. The van der Waals surface area contributed by atoms with Gasteiger partial charge in [0.2, 0.25) is 0 Å². The van der Waals surface area contributed by atoms with E-state index in [-0.39, 0.29) is 28.7 Å². The Bertz CT molecular complexity index is 853. The van der Waals surface area contributed by atoms with Gasteiger partial charge in [-0.25, -0.2) is 8.42 Å². The molecule has 2 N–H and O–H groups in total. The first-order chi connectivity index (χ1) is 11.0. The van der Waals surface area contributed by atoms with Gasteiger partial charge in [0.15, 0.2) is 5.75 Å². The van der Waals surface area contributed by atoms with E-state index >= 15 is 0 Å². The Morgan fingerprint density at radius 3 is 2.65 bits per heavy atom. The Kier molecular flexibility index (Phi) is 4.27. The number of ether oxygens (including phenoxy) is 1. The van der Waals surface area contributed by atoms with Crippen molar-refractivity contribution in [2.75, 3.05) is 17.9 Å². The summed E-state index contributed by atoms with van der Waals surface area (Å²) < 4.78 is 33.9. The van der Waals surface area contributed by atoms with Gasteiger partial charge in [-0.05, 0) is 24.3 Å². The monoisotopic (exact) mass is 396 g/mol. The predicted molar refractivity (Wildman–Crippen MR) is 89.2 cm³/mol. The number of benzene rings is 2. The Balaban J connectivity index is 2.10. The molecule has 2 aromatic carbocycles. The molecule has 0 aliphatic carbocycles. The molecule has 0 aromatic heterocycles. The van der Waals surface area contributed by atoms with E-state index in [4.69, 9.17) is 4.74 Å². The van der Waals surface area contributed by atoms with Crippen molar-refractivity contribution in [2.24, 2.45) is 0 Å². The van der Waals surface area contributed by atoms with Gasteiger partial charge in [-0.15, -0.1) is 0 Å². The standard InChI is InChI=1S/C15H13BrN2O4S/c16-10-8-12-14(22-7-6-17-15(12)19)13(9-10)23(20,21)18-11-4-2-1-3-5-11/h1-5,8-9,18H,6-7H2,(H,17,19). The molecule has 1 aliphatic rings. The number of para-hydroxylation sites is 1. The maximum atomic E-state index is 12.7. The second-order valence-electron chi connectivity index (χ2n) is 4.86. The third-order valence-electron chi connectivity index (χ3n) is 3.21. The maximum absolute atomic E-state index is 12.7. The summed E-state index contributed by atoms with van der Waals surface area (Å²) in [5, 5.41) is 2.66. The van der Waals surface area contributed by atoms with E-state index in [1.54, 1.807) is 30.3 Å². The molecule has 23 heavy (non-hydrogen) atoms. The predicted octanol–water partition coefficient (Wildman–Crippen LogP) is 2.37. The molecular weight excluding hydrogens is 384 g/mol. The van der Waals surface area contributed by atoms with Gasteiger partial charge in [0.25, 0.3) is 15.9 Å². The molecule has 8 heteroatoms. The Hall–Kier alpha value is -2.06. The number of halogens is 1. The lowest BCUT2D eigenvalue weighted by Gasteiger charge is -2.14. The lowest BCUT2D eigenvalue weighted by Crippen LogP contribution is -2.24. The van der Waals surface area contributed by atoms with Crippen molar-refractivity contribution in [3.8, 4) is 5.75 Å². The molecule has 0 saturated heterocycles. The van der Waals surface area contributed by atoms with Gasteiger partial charge in [0.1, 0.15) is 11.5 Å². The largest absolute Gasteiger partial charge is 0.489 e. The fourth-order valence-electron chi connectivity index (χ4n) is 2.21. The second kappa shape index (κ2) is 6.21. The zero-order valence-electron chi connectivity index (χ0n) is 11.9. The molecule has 1 heterocycles. The first-order valence-electron chi connectivity index (χ1n) is 6.80. The van der Waals surface area contributed by atoms with E-state index in [0.717, 1.165) is 0 Å². The number of carbonyl (C=O) groups is 1. The molecule has 0 saturated carbocycles. The molecule has 2 aromatic rings. The van der Waals surface area contributed by atoms with Crippen molar-refractivity contribution < 1.29 is 17.9 Å². The average Bonchev–Trinajstić information content (AvgIpc) is 2.69. The van der Waals surface area contributed by atoms with Crippen LogP contribution in [-0.2, 0) is 10.0 Å². The highest BCUT2D eigenvalue weighted by Gasteiger charge is 2.27.